The molecule has 0 spiro atoms. The van der Waals surface area contributed by atoms with Gasteiger partial charge in [-0.3, -0.25) is 9.78 Å². The van der Waals surface area contributed by atoms with Gasteiger partial charge in [-0.15, -0.1) is 0 Å². The van der Waals surface area contributed by atoms with Crippen molar-refractivity contribution in [1.82, 2.24) is 20.6 Å². The zero-order chi connectivity index (χ0) is 17.8. The highest BCUT2D eigenvalue weighted by Gasteiger charge is 2.25. The molecule has 2 aromatic rings. The van der Waals surface area contributed by atoms with E-state index in [-0.39, 0.29) is 11.9 Å². The maximum atomic E-state index is 12.9. The van der Waals surface area contributed by atoms with Crippen LogP contribution in [0.4, 0.5) is 5.82 Å². The van der Waals surface area contributed by atoms with Gasteiger partial charge < -0.3 is 15.5 Å². The number of rotatable bonds is 4. The van der Waals surface area contributed by atoms with Crippen molar-refractivity contribution in [3.8, 4) is 0 Å². The Labute approximate surface area is 154 Å². The van der Waals surface area contributed by atoms with Crippen molar-refractivity contribution in [1.29, 1.82) is 0 Å². The molecule has 4 rings (SSSR count). The minimum atomic E-state index is 0.0606. The monoisotopic (exact) mass is 351 g/mol. The molecule has 6 nitrogen and oxygen atoms in total. The summed E-state index contributed by atoms with van der Waals surface area (Å²) in [5.74, 6) is 1.41. The minimum absolute atomic E-state index is 0.0606. The third-order valence-electron chi connectivity index (χ3n) is 5.41. The van der Waals surface area contributed by atoms with Gasteiger partial charge in [-0.25, -0.2) is 4.98 Å². The van der Waals surface area contributed by atoms with E-state index >= 15 is 0 Å². The number of hydrogen-bond donors (Lipinski definition) is 2. The highest BCUT2D eigenvalue weighted by atomic mass is 16.1. The Balaban J connectivity index is 1.37. The fourth-order valence-corrected chi connectivity index (χ4v) is 3.95. The third kappa shape index (κ3) is 3.70. The van der Waals surface area contributed by atoms with Crippen LogP contribution in [0.15, 0.2) is 42.9 Å². The maximum absolute atomic E-state index is 12.9. The molecule has 1 aromatic carbocycles. The highest BCUT2D eigenvalue weighted by molar-refractivity contribution is 5.96. The van der Waals surface area contributed by atoms with Gasteiger partial charge in [-0.1, -0.05) is 18.2 Å². The number of carbonyl (C=O) groups excluding carboxylic acids is 1. The number of amides is 1. The Morgan fingerprint density at radius 2 is 2.00 bits per heavy atom. The molecule has 0 bridgehead atoms. The lowest BCUT2D eigenvalue weighted by Gasteiger charge is -2.33. The smallest absolute Gasteiger partial charge is 0.251 e. The zero-order valence-electron chi connectivity index (χ0n) is 14.9. The average Bonchev–Trinajstić information content (AvgIpc) is 3.24. The number of benzene rings is 1. The molecule has 1 amide bonds. The fourth-order valence-electron chi connectivity index (χ4n) is 3.95. The summed E-state index contributed by atoms with van der Waals surface area (Å²) in [6.07, 6.45) is 8.16. The quantitative estimate of drug-likeness (QED) is 0.881. The first-order chi connectivity index (χ1) is 12.8. The first-order valence-corrected chi connectivity index (χ1v) is 9.43. The second kappa shape index (κ2) is 7.83. The predicted octanol–water partition coefficient (Wildman–Crippen LogP) is 1.95. The summed E-state index contributed by atoms with van der Waals surface area (Å²) >= 11 is 0. The van der Waals surface area contributed by atoms with Gasteiger partial charge in [0.05, 0.1) is 6.20 Å². The molecule has 0 aliphatic carbocycles. The van der Waals surface area contributed by atoms with E-state index in [1.54, 1.807) is 18.6 Å². The van der Waals surface area contributed by atoms with Gasteiger partial charge in [-0.05, 0) is 43.4 Å². The van der Waals surface area contributed by atoms with E-state index in [9.17, 15) is 4.79 Å². The van der Waals surface area contributed by atoms with E-state index in [2.05, 4.69) is 31.6 Å². The second-order valence-corrected chi connectivity index (χ2v) is 7.08. The lowest BCUT2D eigenvalue weighted by molar-refractivity contribution is 0.0929. The summed E-state index contributed by atoms with van der Waals surface area (Å²) in [7, 11) is 0. The summed E-state index contributed by atoms with van der Waals surface area (Å²) in [4.78, 5) is 23.6. The Bertz CT molecular complexity index is 737. The summed E-state index contributed by atoms with van der Waals surface area (Å²) in [5, 5.41) is 6.64. The van der Waals surface area contributed by atoms with Gasteiger partial charge in [0, 0.05) is 43.6 Å². The number of hydrogen-bond acceptors (Lipinski definition) is 5. The van der Waals surface area contributed by atoms with Crippen molar-refractivity contribution in [2.75, 3.05) is 31.1 Å². The Kier molecular flexibility index (Phi) is 5.11. The molecule has 1 atom stereocenters. The van der Waals surface area contributed by atoms with Crippen molar-refractivity contribution in [2.24, 2.45) is 0 Å². The van der Waals surface area contributed by atoms with Crippen molar-refractivity contribution < 1.29 is 4.79 Å². The van der Waals surface area contributed by atoms with Crippen LogP contribution in [0.3, 0.4) is 0 Å². The van der Waals surface area contributed by atoms with Crippen LogP contribution in [0.25, 0.3) is 0 Å². The molecular formula is C20H25N5O. The van der Waals surface area contributed by atoms with Crippen molar-refractivity contribution in [3.05, 3.63) is 54.0 Å². The van der Waals surface area contributed by atoms with E-state index in [4.69, 9.17) is 0 Å². The van der Waals surface area contributed by atoms with Crippen LogP contribution in [-0.4, -0.2) is 48.1 Å². The standard InChI is InChI=1S/C20H25N5O/c26-20(18-4-2-1-3-17(18)15-5-8-21-13-15)24-16-6-11-25(12-7-16)19-14-22-9-10-23-19/h1-4,9-10,14-16,21H,5-8,11-13H2,(H,24,26)/t15-/m1/s1. The van der Waals surface area contributed by atoms with Crippen LogP contribution < -0.4 is 15.5 Å². The van der Waals surface area contributed by atoms with Crippen LogP contribution in [0, 0.1) is 0 Å². The first-order valence-electron chi connectivity index (χ1n) is 9.43. The van der Waals surface area contributed by atoms with Gasteiger partial charge in [0.1, 0.15) is 5.82 Å². The number of anilines is 1. The van der Waals surface area contributed by atoms with Crippen LogP contribution in [0.2, 0.25) is 0 Å². The average molecular weight is 351 g/mol. The Morgan fingerprint density at radius 1 is 1.15 bits per heavy atom. The number of aromatic nitrogens is 2. The third-order valence-corrected chi connectivity index (χ3v) is 5.41. The number of piperidine rings is 1. The molecule has 0 radical (unpaired) electrons. The molecule has 2 N–H and O–H groups in total. The molecule has 136 valence electrons. The lowest BCUT2D eigenvalue weighted by Crippen LogP contribution is -2.45. The SMILES string of the molecule is O=C(NC1CCN(c2cnccn2)CC1)c1ccccc1[C@@H]1CCNC1. The van der Waals surface area contributed by atoms with Crippen molar-refractivity contribution in [2.45, 2.75) is 31.2 Å². The fraction of sp³-hybridized carbons (Fsp3) is 0.450. The van der Waals surface area contributed by atoms with Crippen LogP contribution in [0.1, 0.15) is 41.1 Å². The maximum Gasteiger partial charge on any atom is 0.251 e. The normalized spacial score (nSPS) is 20.9. The van der Waals surface area contributed by atoms with E-state index < -0.39 is 0 Å². The van der Waals surface area contributed by atoms with E-state index in [1.165, 1.54) is 5.56 Å². The summed E-state index contributed by atoms with van der Waals surface area (Å²) in [5.41, 5.74) is 2.00. The molecule has 6 heteroatoms. The van der Waals surface area contributed by atoms with E-state index in [1.807, 2.05) is 18.2 Å². The summed E-state index contributed by atoms with van der Waals surface area (Å²) < 4.78 is 0. The molecule has 2 fully saturated rings. The van der Waals surface area contributed by atoms with Gasteiger partial charge in [0.25, 0.3) is 5.91 Å². The highest BCUT2D eigenvalue weighted by Crippen LogP contribution is 2.26. The first kappa shape index (κ1) is 17.0. The van der Waals surface area contributed by atoms with E-state index in [0.717, 1.165) is 56.8 Å². The molecular weight excluding hydrogens is 326 g/mol. The molecule has 2 saturated heterocycles. The Morgan fingerprint density at radius 3 is 2.73 bits per heavy atom. The van der Waals surface area contributed by atoms with Crippen molar-refractivity contribution in [3.63, 3.8) is 0 Å². The molecule has 0 saturated carbocycles. The number of nitrogens with one attached hydrogen (secondary N) is 2. The molecule has 1 aromatic heterocycles. The van der Waals surface area contributed by atoms with Crippen LogP contribution >= 0.6 is 0 Å². The molecule has 0 unspecified atom stereocenters. The second-order valence-electron chi connectivity index (χ2n) is 7.08. The largest absolute Gasteiger partial charge is 0.355 e. The predicted molar refractivity (Wildman–Crippen MR) is 101 cm³/mol. The molecule has 26 heavy (non-hydrogen) atoms. The van der Waals surface area contributed by atoms with Crippen molar-refractivity contribution >= 4 is 11.7 Å². The molecule has 2 aliphatic rings. The minimum Gasteiger partial charge on any atom is -0.355 e. The summed E-state index contributed by atoms with van der Waals surface area (Å²) in [6.45, 7) is 3.76. The lowest BCUT2D eigenvalue weighted by atomic mass is 9.92. The topological polar surface area (TPSA) is 70.2 Å². The van der Waals surface area contributed by atoms with E-state index in [0.29, 0.717) is 5.92 Å². The van der Waals surface area contributed by atoms with Crippen LogP contribution in [-0.2, 0) is 0 Å². The zero-order valence-corrected chi connectivity index (χ0v) is 14.9. The number of carbonyl (C=O) groups is 1. The molecule has 2 aliphatic heterocycles. The summed E-state index contributed by atoms with van der Waals surface area (Å²) in [6, 6.07) is 8.26. The van der Waals surface area contributed by atoms with Gasteiger partial charge in [0.2, 0.25) is 0 Å². The Hall–Kier alpha value is -2.47. The number of nitrogens with zero attached hydrogens (tertiary/aromatic N) is 3. The van der Waals surface area contributed by atoms with Gasteiger partial charge in [0.15, 0.2) is 0 Å². The van der Waals surface area contributed by atoms with Gasteiger partial charge in [-0.2, -0.15) is 0 Å². The van der Waals surface area contributed by atoms with Gasteiger partial charge >= 0.3 is 0 Å². The molecule has 3 heterocycles. The van der Waals surface area contributed by atoms with Crippen LogP contribution in [0.5, 0.6) is 0 Å².